The topological polar surface area (TPSA) is 64.1 Å². The van der Waals surface area contributed by atoms with Crippen LogP contribution in [-0.2, 0) is 16.1 Å². The van der Waals surface area contributed by atoms with E-state index in [4.69, 9.17) is 4.74 Å². The fourth-order valence-corrected chi connectivity index (χ4v) is 2.31. The third-order valence-electron chi connectivity index (χ3n) is 2.50. The van der Waals surface area contributed by atoms with E-state index >= 15 is 0 Å². The van der Waals surface area contributed by atoms with Gasteiger partial charge in [-0.25, -0.2) is 0 Å². The number of aromatic nitrogens is 2. The smallest absolute Gasteiger partial charge is 0.220 e. The third kappa shape index (κ3) is 3.24. The fourth-order valence-electron chi connectivity index (χ4n) is 1.66. The van der Waals surface area contributed by atoms with Crippen LogP contribution in [-0.4, -0.2) is 29.3 Å². The van der Waals surface area contributed by atoms with Crippen LogP contribution in [0.5, 0.6) is 0 Å². The van der Waals surface area contributed by atoms with Gasteiger partial charge >= 0.3 is 0 Å². The minimum absolute atomic E-state index is 0.0725. The SMILES string of the molecule is Cc1nnc(CNC(=O)C[C@H]2CCOC2)s1. The molecule has 1 saturated heterocycles. The van der Waals surface area contributed by atoms with Crippen molar-refractivity contribution in [2.75, 3.05) is 13.2 Å². The van der Waals surface area contributed by atoms with Crippen LogP contribution in [0.1, 0.15) is 22.9 Å². The van der Waals surface area contributed by atoms with E-state index in [0.29, 0.717) is 25.5 Å². The summed E-state index contributed by atoms with van der Waals surface area (Å²) in [5, 5.41) is 12.5. The van der Waals surface area contributed by atoms with Gasteiger partial charge in [-0.3, -0.25) is 4.79 Å². The van der Waals surface area contributed by atoms with Crippen molar-refractivity contribution in [3.63, 3.8) is 0 Å². The lowest BCUT2D eigenvalue weighted by Crippen LogP contribution is -2.25. The molecule has 5 nitrogen and oxygen atoms in total. The maximum Gasteiger partial charge on any atom is 0.220 e. The molecule has 2 heterocycles. The molecular weight excluding hydrogens is 226 g/mol. The number of carbonyl (C=O) groups is 1. The number of hydrogen-bond acceptors (Lipinski definition) is 5. The second kappa shape index (κ2) is 5.36. The molecule has 1 fully saturated rings. The molecule has 0 radical (unpaired) electrons. The van der Waals surface area contributed by atoms with E-state index in [-0.39, 0.29) is 5.91 Å². The van der Waals surface area contributed by atoms with Gasteiger partial charge in [-0.05, 0) is 19.3 Å². The molecule has 0 aliphatic carbocycles. The molecule has 0 aromatic carbocycles. The number of ether oxygens (including phenoxy) is 1. The zero-order valence-corrected chi connectivity index (χ0v) is 10.0. The van der Waals surface area contributed by atoms with Gasteiger partial charge in [0.05, 0.1) is 6.54 Å². The molecule has 0 bridgehead atoms. The van der Waals surface area contributed by atoms with Crippen LogP contribution in [0, 0.1) is 12.8 Å². The summed E-state index contributed by atoms with van der Waals surface area (Å²) in [6.07, 6.45) is 1.54. The highest BCUT2D eigenvalue weighted by Crippen LogP contribution is 2.16. The average Bonchev–Trinajstić information content (AvgIpc) is 2.87. The molecule has 0 unspecified atom stereocenters. The van der Waals surface area contributed by atoms with Gasteiger partial charge in [-0.15, -0.1) is 10.2 Å². The van der Waals surface area contributed by atoms with E-state index < -0.39 is 0 Å². The second-order valence-corrected chi connectivity index (χ2v) is 5.19. The summed E-state index contributed by atoms with van der Waals surface area (Å²) in [5.41, 5.74) is 0. The van der Waals surface area contributed by atoms with Crippen molar-refractivity contribution < 1.29 is 9.53 Å². The number of nitrogens with one attached hydrogen (secondary N) is 1. The lowest BCUT2D eigenvalue weighted by molar-refractivity contribution is -0.122. The van der Waals surface area contributed by atoms with Gasteiger partial charge in [0.25, 0.3) is 0 Å². The monoisotopic (exact) mass is 241 g/mol. The highest BCUT2D eigenvalue weighted by molar-refractivity contribution is 7.11. The Morgan fingerprint density at radius 2 is 2.50 bits per heavy atom. The van der Waals surface area contributed by atoms with Gasteiger partial charge in [0, 0.05) is 19.6 Å². The summed E-state index contributed by atoms with van der Waals surface area (Å²) >= 11 is 1.51. The number of hydrogen-bond donors (Lipinski definition) is 1. The Morgan fingerprint density at radius 1 is 1.62 bits per heavy atom. The van der Waals surface area contributed by atoms with Crippen molar-refractivity contribution in [3.05, 3.63) is 10.0 Å². The summed E-state index contributed by atoms with van der Waals surface area (Å²) in [6.45, 7) is 3.88. The number of aryl methyl sites for hydroxylation is 1. The first-order valence-corrected chi connectivity index (χ1v) is 6.19. The van der Waals surface area contributed by atoms with Crippen LogP contribution in [0.25, 0.3) is 0 Å². The first-order chi connectivity index (χ1) is 7.74. The van der Waals surface area contributed by atoms with Crippen LogP contribution in [0.3, 0.4) is 0 Å². The highest BCUT2D eigenvalue weighted by atomic mass is 32.1. The first-order valence-electron chi connectivity index (χ1n) is 5.37. The maximum absolute atomic E-state index is 11.6. The van der Waals surface area contributed by atoms with Gasteiger partial charge in [-0.2, -0.15) is 0 Å². The van der Waals surface area contributed by atoms with Gasteiger partial charge in [-0.1, -0.05) is 11.3 Å². The predicted octanol–water partition coefficient (Wildman–Crippen LogP) is 0.889. The van der Waals surface area contributed by atoms with Crippen molar-refractivity contribution in [2.45, 2.75) is 26.3 Å². The largest absolute Gasteiger partial charge is 0.381 e. The molecule has 2 rings (SSSR count). The van der Waals surface area contributed by atoms with Crippen LogP contribution in [0.4, 0.5) is 0 Å². The van der Waals surface area contributed by atoms with Gasteiger partial charge in [0.2, 0.25) is 5.91 Å². The number of carbonyl (C=O) groups excluding carboxylic acids is 1. The number of amides is 1. The summed E-state index contributed by atoms with van der Waals surface area (Å²) in [6, 6.07) is 0. The predicted molar refractivity (Wildman–Crippen MR) is 60.0 cm³/mol. The molecule has 1 aromatic heterocycles. The van der Waals surface area contributed by atoms with Gasteiger partial charge in [0.1, 0.15) is 10.0 Å². The standard InChI is InChI=1S/C10H15N3O2S/c1-7-12-13-10(16-7)5-11-9(14)4-8-2-3-15-6-8/h8H,2-6H2,1H3,(H,11,14)/t8-/m1/s1. The molecule has 1 aromatic rings. The maximum atomic E-state index is 11.6. The number of nitrogens with zero attached hydrogens (tertiary/aromatic N) is 2. The zero-order valence-electron chi connectivity index (χ0n) is 9.23. The van der Waals surface area contributed by atoms with Crippen molar-refractivity contribution in [3.8, 4) is 0 Å². The first kappa shape index (κ1) is 11.5. The quantitative estimate of drug-likeness (QED) is 0.850. The van der Waals surface area contributed by atoms with E-state index in [2.05, 4.69) is 15.5 Å². The Morgan fingerprint density at radius 3 is 3.12 bits per heavy atom. The van der Waals surface area contributed by atoms with E-state index in [9.17, 15) is 4.79 Å². The normalized spacial score (nSPS) is 19.9. The van der Waals surface area contributed by atoms with Gasteiger partial charge in [0.15, 0.2) is 0 Å². The van der Waals surface area contributed by atoms with Crippen LogP contribution in [0.15, 0.2) is 0 Å². The lowest BCUT2D eigenvalue weighted by atomic mass is 10.1. The van der Waals surface area contributed by atoms with Crippen LogP contribution < -0.4 is 5.32 Å². The highest BCUT2D eigenvalue weighted by Gasteiger charge is 2.18. The molecule has 1 amide bonds. The van der Waals surface area contributed by atoms with Crippen molar-refractivity contribution in [1.82, 2.24) is 15.5 Å². The fraction of sp³-hybridized carbons (Fsp3) is 0.700. The molecule has 1 aliphatic rings. The van der Waals surface area contributed by atoms with Gasteiger partial charge < -0.3 is 10.1 Å². The molecule has 0 spiro atoms. The summed E-state index contributed by atoms with van der Waals surface area (Å²) in [4.78, 5) is 11.6. The van der Waals surface area contributed by atoms with Crippen molar-refractivity contribution in [1.29, 1.82) is 0 Å². The summed E-state index contributed by atoms with van der Waals surface area (Å²) < 4.78 is 5.22. The number of rotatable bonds is 4. The Hall–Kier alpha value is -1.01. The van der Waals surface area contributed by atoms with Crippen molar-refractivity contribution >= 4 is 17.2 Å². The van der Waals surface area contributed by atoms with Crippen molar-refractivity contribution in [2.24, 2.45) is 5.92 Å². The Balaban J connectivity index is 1.71. The molecule has 88 valence electrons. The molecule has 1 N–H and O–H groups in total. The third-order valence-corrected chi connectivity index (χ3v) is 3.34. The molecule has 1 aliphatic heterocycles. The second-order valence-electron chi connectivity index (χ2n) is 3.93. The minimum Gasteiger partial charge on any atom is -0.381 e. The van der Waals surface area contributed by atoms with Crippen LogP contribution >= 0.6 is 11.3 Å². The molecule has 0 saturated carbocycles. The molecular formula is C10H15N3O2S. The Labute approximate surface area is 98.2 Å². The zero-order chi connectivity index (χ0) is 11.4. The molecule has 16 heavy (non-hydrogen) atoms. The molecule has 6 heteroatoms. The summed E-state index contributed by atoms with van der Waals surface area (Å²) in [5.74, 6) is 0.458. The Bertz CT molecular complexity index is 361. The van der Waals surface area contributed by atoms with Crippen LogP contribution in [0.2, 0.25) is 0 Å². The van der Waals surface area contributed by atoms with E-state index in [0.717, 1.165) is 23.0 Å². The average molecular weight is 241 g/mol. The molecule has 1 atom stereocenters. The van der Waals surface area contributed by atoms with E-state index in [1.165, 1.54) is 11.3 Å². The minimum atomic E-state index is 0.0725. The van der Waals surface area contributed by atoms with E-state index in [1.807, 2.05) is 6.92 Å². The summed E-state index contributed by atoms with van der Waals surface area (Å²) in [7, 11) is 0. The lowest BCUT2D eigenvalue weighted by Gasteiger charge is -2.06. The Kier molecular flexibility index (Phi) is 3.84. The van der Waals surface area contributed by atoms with E-state index in [1.54, 1.807) is 0 Å².